The lowest BCUT2D eigenvalue weighted by Crippen LogP contribution is -1.91. The number of aromatic nitrogens is 1. The third-order valence-electron chi connectivity index (χ3n) is 3.93. The van der Waals surface area contributed by atoms with Crippen LogP contribution in [0.1, 0.15) is 16.8 Å². The molecule has 3 aromatic rings. The van der Waals surface area contributed by atoms with Crippen LogP contribution in [-0.4, -0.2) is 10.8 Å². The molecule has 1 heterocycles. The quantitative estimate of drug-likeness (QED) is 0.562. The summed E-state index contributed by atoms with van der Waals surface area (Å²) < 4.78 is 3.33. The smallest absolute Gasteiger partial charge is 0.0633 e. The van der Waals surface area contributed by atoms with Crippen LogP contribution in [0.25, 0.3) is 10.9 Å². The summed E-state index contributed by atoms with van der Waals surface area (Å²) in [6.45, 7) is 4.21. The van der Waals surface area contributed by atoms with E-state index in [2.05, 4.69) is 76.7 Å². The standard InChI is InChI=1S/C18H17BrN2/c1-12-10-14(8-9-17(12)19)20-11-16-13(2)21(3)18-7-5-4-6-15(16)18/h4-11H,1-3H3. The Morgan fingerprint density at radius 2 is 1.86 bits per heavy atom. The molecule has 21 heavy (non-hydrogen) atoms. The number of aryl methyl sites for hydroxylation is 2. The van der Waals surface area contributed by atoms with Gasteiger partial charge in [-0.25, -0.2) is 0 Å². The number of hydrogen-bond donors (Lipinski definition) is 0. The summed E-state index contributed by atoms with van der Waals surface area (Å²) in [6, 6.07) is 14.6. The Morgan fingerprint density at radius 1 is 1.10 bits per heavy atom. The molecule has 0 saturated heterocycles. The molecule has 0 fully saturated rings. The second-order valence-corrected chi connectivity index (χ2v) is 6.12. The van der Waals surface area contributed by atoms with Crippen LogP contribution in [0.3, 0.4) is 0 Å². The fourth-order valence-electron chi connectivity index (χ4n) is 2.56. The van der Waals surface area contributed by atoms with Crippen molar-refractivity contribution < 1.29 is 0 Å². The molecule has 0 aliphatic heterocycles. The maximum Gasteiger partial charge on any atom is 0.0633 e. The van der Waals surface area contributed by atoms with Gasteiger partial charge in [-0.15, -0.1) is 0 Å². The Bertz CT molecular complexity index is 844. The molecule has 0 saturated carbocycles. The third-order valence-corrected chi connectivity index (χ3v) is 4.82. The average Bonchev–Trinajstić information content (AvgIpc) is 2.73. The highest BCUT2D eigenvalue weighted by molar-refractivity contribution is 9.10. The minimum Gasteiger partial charge on any atom is -0.347 e. The van der Waals surface area contributed by atoms with E-state index in [0.717, 1.165) is 10.2 Å². The molecular formula is C18H17BrN2. The summed E-state index contributed by atoms with van der Waals surface area (Å²) in [5.41, 5.74) is 5.83. The van der Waals surface area contributed by atoms with Crippen molar-refractivity contribution in [1.29, 1.82) is 0 Å². The fraction of sp³-hybridized carbons (Fsp3) is 0.167. The maximum atomic E-state index is 4.64. The van der Waals surface area contributed by atoms with Crippen LogP contribution in [0.5, 0.6) is 0 Å². The molecule has 0 aliphatic carbocycles. The van der Waals surface area contributed by atoms with Crippen molar-refractivity contribution in [3.63, 3.8) is 0 Å². The average molecular weight is 341 g/mol. The molecule has 0 atom stereocenters. The lowest BCUT2D eigenvalue weighted by Gasteiger charge is -2.00. The van der Waals surface area contributed by atoms with Crippen molar-refractivity contribution >= 4 is 38.7 Å². The lowest BCUT2D eigenvalue weighted by atomic mass is 10.1. The van der Waals surface area contributed by atoms with E-state index >= 15 is 0 Å². The SMILES string of the molecule is Cc1cc(N=Cc2c(C)n(C)c3ccccc23)ccc1Br. The molecular weight excluding hydrogens is 324 g/mol. The van der Waals surface area contributed by atoms with Crippen molar-refractivity contribution in [3.8, 4) is 0 Å². The zero-order chi connectivity index (χ0) is 15.0. The largest absolute Gasteiger partial charge is 0.347 e. The van der Waals surface area contributed by atoms with Gasteiger partial charge in [0.05, 0.1) is 5.69 Å². The van der Waals surface area contributed by atoms with Crippen LogP contribution in [0.2, 0.25) is 0 Å². The van der Waals surface area contributed by atoms with Gasteiger partial charge in [-0.2, -0.15) is 0 Å². The Balaban J connectivity index is 2.07. The molecule has 106 valence electrons. The van der Waals surface area contributed by atoms with Crippen molar-refractivity contribution in [1.82, 2.24) is 4.57 Å². The summed E-state index contributed by atoms with van der Waals surface area (Å²) >= 11 is 3.52. The molecule has 3 rings (SSSR count). The minimum atomic E-state index is 0.975. The van der Waals surface area contributed by atoms with E-state index in [4.69, 9.17) is 0 Å². The van der Waals surface area contributed by atoms with Gasteiger partial charge in [0.1, 0.15) is 0 Å². The van der Waals surface area contributed by atoms with Gasteiger partial charge in [0.15, 0.2) is 0 Å². The van der Waals surface area contributed by atoms with E-state index in [1.54, 1.807) is 0 Å². The second kappa shape index (κ2) is 5.49. The molecule has 2 nitrogen and oxygen atoms in total. The van der Waals surface area contributed by atoms with E-state index < -0.39 is 0 Å². The highest BCUT2D eigenvalue weighted by Crippen LogP contribution is 2.25. The molecule has 0 amide bonds. The Morgan fingerprint density at radius 3 is 2.62 bits per heavy atom. The van der Waals surface area contributed by atoms with Crippen LogP contribution >= 0.6 is 15.9 Å². The van der Waals surface area contributed by atoms with E-state index in [9.17, 15) is 0 Å². The number of para-hydroxylation sites is 1. The van der Waals surface area contributed by atoms with E-state index in [1.807, 2.05) is 18.3 Å². The first-order valence-corrected chi connectivity index (χ1v) is 7.71. The molecule has 1 aromatic heterocycles. The number of hydrogen-bond acceptors (Lipinski definition) is 1. The number of rotatable bonds is 2. The van der Waals surface area contributed by atoms with Gasteiger partial charge in [0.2, 0.25) is 0 Å². The van der Waals surface area contributed by atoms with Gasteiger partial charge < -0.3 is 4.57 Å². The highest BCUT2D eigenvalue weighted by atomic mass is 79.9. The van der Waals surface area contributed by atoms with E-state index in [0.29, 0.717) is 0 Å². The molecule has 0 radical (unpaired) electrons. The second-order valence-electron chi connectivity index (χ2n) is 5.27. The fourth-order valence-corrected chi connectivity index (χ4v) is 2.81. The molecule has 0 unspecified atom stereocenters. The monoisotopic (exact) mass is 340 g/mol. The van der Waals surface area contributed by atoms with E-state index in [-0.39, 0.29) is 0 Å². The zero-order valence-electron chi connectivity index (χ0n) is 12.4. The summed E-state index contributed by atoms with van der Waals surface area (Å²) in [7, 11) is 2.10. The van der Waals surface area contributed by atoms with Gasteiger partial charge in [0, 0.05) is 39.9 Å². The number of benzene rings is 2. The molecule has 0 bridgehead atoms. The summed E-state index contributed by atoms with van der Waals surface area (Å²) in [5.74, 6) is 0. The number of aliphatic imine (C=N–C) groups is 1. The number of nitrogens with zero attached hydrogens (tertiary/aromatic N) is 2. The van der Waals surface area contributed by atoms with Gasteiger partial charge in [-0.3, -0.25) is 4.99 Å². The van der Waals surface area contributed by atoms with Crippen LogP contribution in [0.4, 0.5) is 5.69 Å². The first-order valence-electron chi connectivity index (χ1n) is 6.92. The van der Waals surface area contributed by atoms with Gasteiger partial charge >= 0.3 is 0 Å². The predicted molar refractivity (Wildman–Crippen MR) is 93.8 cm³/mol. The third kappa shape index (κ3) is 2.54. The summed E-state index contributed by atoms with van der Waals surface area (Å²) in [5, 5.41) is 1.25. The van der Waals surface area contributed by atoms with Gasteiger partial charge in [-0.05, 0) is 43.7 Å². The maximum absolute atomic E-state index is 4.64. The molecule has 0 N–H and O–H groups in total. The molecule has 2 aromatic carbocycles. The van der Waals surface area contributed by atoms with Crippen LogP contribution in [0.15, 0.2) is 51.9 Å². The first kappa shape index (κ1) is 14.1. The zero-order valence-corrected chi connectivity index (χ0v) is 14.0. The Kier molecular flexibility index (Phi) is 3.68. The van der Waals surface area contributed by atoms with Crippen LogP contribution in [0, 0.1) is 13.8 Å². The summed E-state index contributed by atoms with van der Waals surface area (Å²) in [4.78, 5) is 4.64. The number of halogens is 1. The van der Waals surface area contributed by atoms with Crippen molar-refractivity contribution in [2.75, 3.05) is 0 Å². The van der Waals surface area contributed by atoms with Gasteiger partial charge in [-0.1, -0.05) is 34.1 Å². The van der Waals surface area contributed by atoms with Crippen molar-refractivity contribution in [2.24, 2.45) is 12.0 Å². The Hall–Kier alpha value is -1.87. The highest BCUT2D eigenvalue weighted by Gasteiger charge is 2.09. The molecule has 3 heteroatoms. The topological polar surface area (TPSA) is 17.3 Å². The lowest BCUT2D eigenvalue weighted by molar-refractivity contribution is 0.917. The predicted octanol–water partition coefficient (Wildman–Crippen LogP) is 5.31. The molecule has 0 aliphatic rings. The normalized spacial score (nSPS) is 11.6. The van der Waals surface area contributed by atoms with Crippen molar-refractivity contribution in [3.05, 3.63) is 63.8 Å². The first-order chi connectivity index (χ1) is 10.1. The van der Waals surface area contributed by atoms with Gasteiger partial charge in [0.25, 0.3) is 0 Å². The van der Waals surface area contributed by atoms with Crippen LogP contribution in [-0.2, 0) is 7.05 Å². The number of fused-ring (bicyclic) bond motifs is 1. The minimum absolute atomic E-state index is 0.975. The van der Waals surface area contributed by atoms with E-state index in [1.165, 1.54) is 27.7 Å². The molecule has 0 spiro atoms. The summed E-state index contributed by atoms with van der Waals surface area (Å²) in [6.07, 6.45) is 1.97. The Labute approximate surface area is 133 Å². The van der Waals surface area contributed by atoms with Crippen LogP contribution < -0.4 is 0 Å². The van der Waals surface area contributed by atoms with Crippen molar-refractivity contribution in [2.45, 2.75) is 13.8 Å².